The van der Waals surface area contributed by atoms with Crippen LogP contribution in [0, 0.1) is 11.3 Å². The summed E-state index contributed by atoms with van der Waals surface area (Å²) in [6.45, 7) is 6.98. The van der Waals surface area contributed by atoms with Crippen LogP contribution in [0.15, 0.2) is 30.3 Å². The van der Waals surface area contributed by atoms with Gasteiger partial charge in [0.05, 0.1) is 0 Å². The zero-order valence-electron chi connectivity index (χ0n) is 10.8. The fraction of sp³-hybridized carbons (Fsp3) is 0.600. The van der Waals surface area contributed by atoms with Crippen LogP contribution in [-0.4, -0.2) is 13.1 Å². The molecule has 1 saturated carbocycles. The SMILES string of the molecule is CNC(C1CC1c1ccccc1)C(C)(C)C. The highest BCUT2D eigenvalue weighted by atomic mass is 14.9. The quantitative estimate of drug-likeness (QED) is 0.818. The Bertz CT molecular complexity index is 336. The average molecular weight is 217 g/mol. The minimum Gasteiger partial charge on any atom is -0.316 e. The lowest BCUT2D eigenvalue weighted by molar-refractivity contribution is 0.251. The van der Waals surface area contributed by atoms with Crippen molar-refractivity contribution in [2.75, 3.05) is 7.05 Å². The molecule has 1 aliphatic carbocycles. The van der Waals surface area contributed by atoms with Crippen LogP contribution in [0.4, 0.5) is 0 Å². The van der Waals surface area contributed by atoms with Crippen molar-refractivity contribution < 1.29 is 0 Å². The van der Waals surface area contributed by atoms with Gasteiger partial charge >= 0.3 is 0 Å². The van der Waals surface area contributed by atoms with Gasteiger partial charge < -0.3 is 5.32 Å². The topological polar surface area (TPSA) is 12.0 Å². The molecule has 0 spiro atoms. The van der Waals surface area contributed by atoms with E-state index in [1.807, 2.05) is 0 Å². The lowest BCUT2D eigenvalue weighted by atomic mass is 9.83. The Labute approximate surface area is 99.3 Å². The van der Waals surface area contributed by atoms with Gasteiger partial charge in [0.25, 0.3) is 0 Å². The summed E-state index contributed by atoms with van der Waals surface area (Å²) >= 11 is 0. The first-order valence-corrected chi connectivity index (χ1v) is 6.26. The smallest absolute Gasteiger partial charge is 0.0147 e. The van der Waals surface area contributed by atoms with Crippen LogP contribution >= 0.6 is 0 Å². The average Bonchev–Trinajstić information content (AvgIpc) is 2.98. The summed E-state index contributed by atoms with van der Waals surface area (Å²) in [6.07, 6.45) is 1.34. The zero-order valence-corrected chi connectivity index (χ0v) is 10.8. The summed E-state index contributed by atoms with van der Waals surface area (Å²) in [4.78, 5) is 0. The molecule has 16 heavy (non-hydrogen) atoms. The molecule has 1 fully saturated rings. The monoisotopic (exact) mass is 217 g/mol. The van der Waals surface area contributed by atoms with Crippen molar-refractivity contribution >= 4 is 0 Å². The molecule has 1 aromatic carbocycles. The highest BCUT2D eigenvalue weighted by Crippen LogP contribution is 2.52. The predicted octanol–water partition coefficient (Wildman–Crippen LogP) is 3.42. The van der Waals surface area contributed by atoms with E-state index in [1.165, 1.54) is 12.0 Å². The van der Waals surface area contributed by atoms with Crippen molar-refractivity contribution in [1.29, 1.82) is 0 Å². The van der Waals surface area contributed by atoms with Gasteiger partial charge in [-0.25, -0.2) is 0 Å². The Morgan fingerprint density at radius 2 is 1.81 bits per heavy atom. The molecular formula is C15H23N. The van der Waals surface area contributed by atoms with Crippen LogP contribution in [0.5, 0.6) is 0 Å². The van der Waals surface area contributed by atoms with Gasteiger partial charge in [-0.05, 0) is 36.3 Å². The number of hydrogen-bond acceptors (Lipinski definition) is 1. The maximum absolute atomic E-state index is 3.50. The van der Waals surface area contributed by atoms with Gasteiger partial charge in [-0.2, -0.15) is 0 Å². The molecule has 1 N–H and O–H groups in total. The molecule has 88 valence electrons. The molecule has 0 bridgehead atoms. The van der Waals surface area contributed by atoms with Gasteiger partial charge in [-0.1, -0.05) is 51.1 Å². The molecule has 1 aliphatic rings. The third-order valence-corrected chi connectivity index (χ3v) is 3.74. The highest BCUT2D eigenvalue weighted by molar-refractivity contribution is 5.27. The van der Waals surface area contributed by atoms with Crippen LogP contribution in [0.25, 0.3) is 0 Å². The van der Waals surface area contributed by atoms with E-state index in [4.69, 9.17) is 0 Å². The second-order valence-corrected chi connectivity index (χ2v) is 6.05. The maximum atomic E-state index is 3.50. The van der Waals surface area contributed by atoms with Gasteiger partial charge in [0.1, 0.15) is 0 Å². The molecule has 1 nitrogen and oxygen atoms in total. The van der Waals surface area contributed by atoms with E-state index >= 15 is 0 Å². The van der Waals surface area contributed by atoms with Gasteiger partial charge in [0.2, 0.25) is 0 Å². The molecule has 3 unspecified atom stereocenters. The first-order chi connectivity index (χ1) is 7.54. The molecule has 0 heterocycles. The summed E-state index contributed by atoms with van der Waals surface area (Å²) < 4.78 is 0. The number of benzene rings is 1. The summed E-state index contributed by atoms with van der Waals surface area (Å²) in [6, 6.07) is 11.5. The molecule has 0 amide bonds. The van der Waals surface area contributed by atoms with Gasteiger partial charge in [-0.15, -0.1) is 0 Å². The molecule has 0 radical (unpaired) electrons. The summed E-state index contributed by atoms with van der Waals surface area (Å²) in [7, 11) is 2.09. The minimum atomic E-state index is 0.350. The summed E-state index contributed by atoms with van der Waals surface area (Å²) in [5, 5.41) is 3.50. The van der Waals surface area contributed by atoms with Gasteiger partial charge in [0.15, 0.2) is 0 Å². The Balaban J connectivity index is 2.06. The predicted molar refractivity (Wildman–Crippen MR) is 69.6 cm³/mol. The van der Waals surface area contributed by atoms with E-state index in [0.717, 1.165) is 11.8 Å². The first-order valence-electron chi connectivity index (χ1n) is 6.26. The van der Waals surface area contributed by atoms with Crippen molar-refractivity contribution in [3.63, 3.8) is 0 Å². The lowest BCUT2D eigenvalue weighted by Crippen LogP contribution is -2.40. The first kappa shape index (κ1) is 11.7. The third-order valence-electron chi connectivity index (χ3n) is 3.74. The number of nitrogens with one attached hydrogen (secondary N) is 1. The Morgan fingerprint density at radius 3 is 2.31 bits per heavy atom. The maximum Gasteiger partial charge on any atom is 0.0147 e. The number of hydrogen-bond donors (Lipinski definition) is 1. The normalized spacial score (nSPS) is 26.5. The van der Waals surface area contributed by atoms with E-state index in [9.17, 15) is 0 Å². The van der Waals surface area contributed by atoms with Crippen LogP contribution in [0.3, 0.4) is 0 Å². The van der Waals surface area contributed by atoms with Crippen LogP contribution in [0.1, 0.15) is 38.7 Å². The number of rotatable bonds is 3. The lowest BCUT2D eigenvalue weighted by Gasteiger charge is -2.31. The Morgan fingerprint density at radius 1 is 1.19 bits per heavy atom. The van der Waals surface area contributed by atoms with Gasteiger partial charge in [0, 0.05) is 6.04 Å². The largest absolute Gasteiger partial charge is 0.316 e. The van der Waals surface area contributed by atoms with E-state index in [2.05, 4.69) is 63.5 Å². The molecule has 0 saturated heterocycles. The highest BCUT2D eigenvalue weighted by Gasteiger charge is 2.46. The van der Waals surface area contributed by atoms with Crippen LogP contribution < -0.4 is 5.32 Å². The van der Waals surface area contributed by atoms with Crippen molar-refractivity contribution in [3.05, 3.63) is 35.9 Å². The standard InChI is InChI=1S/C15H23N/c1-15(2,3)14(16-4)13-10-12(13)11-8-6-5-7-9-11/h5-9,12-14,16H,10H2,1-4H3. The second kappa shape index (κ2) is 4.21. The fourth-order valence-corrected chi connectivity index (χ4v) is 2.96. The van der Waals surface area contributed by atoms with Gasteiger partial charge in [-0.3, -0.25) is 0 Å². The summed E-state index contributed by atoms with van der Waals surface area (Å²) in [5.74, 6) is 1.59. The van der Waals surface area contributed by atoms with E-state index < -0.39 is 0 Å². The molecule has 2 rings (SSSR count). The fourth-order valence-electron chi connectivity index (χ4n) is 2.96. The van der Waals surface area contributed by atoms with Crippen LogP contribution in [0.2, 0.25) is 0 Å². The Hall–Kier alpha value is -0.820. The third kappa shape index (κ3) is 2.30. The Kier molecular flexibility index (Phi) is 3.07. The molecule has 0 aromatic heterocycles. The van der Waals surface area contributed by atoms with E-state index in [0.29, 0.717) is 11.5 Å². The van der Waals surface area contributed by atoms with Crippen molar-refractivity contribution in [1.82, 2.24) is 5.32 Å². The molecule has 1 heteroatoms. The molecule has 1 aromatic rings. The van der Waals surface area contributed by atoms with Crippen molar-refractivity contribution in [2.45, 2.75) is 39.2 Å². The molecule has 3 atom stereocenters. The van der Waals surface area contributed by atoms with Crippen LogP contribution in [-0.2, 0) is 0 Å². The summed E-state index contributed by atoms with van der Waals surface area (Å²) in [5.41, 5.74) is 1.86. The molecule has 0 aliphatic heterocycles. The van der Waals surface area contributed by atoms with E-state index in [-0.39, 0.29) is 0 Å². The second-order valence-electron chi connectivity index (χ2n) is 6.05. The zero-order chi connectivity index (χ0) is 11.8. The minimum absolute atomic E-state index is 0.350. The van der Waals surface area contributed by atoms with Crippen molar-refractivity contribution in [2.24, 2.45) is 11.3 Å². The van der Waals surface area contributed by atoms with E-state index in [1.54, 1.807) is 0 Å². The van der Waals surface area contributed by atoms with Crippen molar-refractivity contribution in [3.8, 4) is 0 Å². The molecular weight excluding hydrogens is 194 g/mol.